The number of carbonyl (C=O) groups excluding carboxylic acids is 1. The fourth-order valence-electron chi connectivity index (χ4n) is 4.39. The van der Waals surface area contributed by atoms with Crippen molar-refractivity contribution in [2.75, 3.05) is 25.1 Å². The van der Waals surface area contributed by atoms with Gasteiger partial charge in [-0.05, 0) is 67.5 Å². The number of ether oxygens (including phenoxy) is 1. The third-order valence-corrected chi connectivity index (χ3v) is 6.25. The van der Waals surface area contributed by atoms with Crippen molar-refractivity contribution >= 4 is 24.0 Å². The first-order chi connectivity index (χ1) is 12.6. The van der Waals surface area contributed by atoms with E-state index in [0.29, 0.717) is 13.0 Å². The van der Waals surface area contributed by atoms with Crippen LogP contribution in [-0.2, 0) is 16.6 Å². The number of likely N-dealkylation sites (N-methyl/N-ethyl adjacent to an activating group) is 1. The summed E-state index contributed by atoms with van der Waals surface area (Å²) in [4.78, 5) is 13.9. The maximum Gasteiger partial charge on any atom is 0.217 e. The first kappa shape index (κ1) is 17.3. The maximum absolute atomic E-state index is 10.6. The molecule has 2 aliphatic rings. The van der Waals surface area contributed by atoms with Gasteiger partial charge >= 0.3 is 0 Å². The van der Waals surface area contributed by atoms with Gasteiger partial charge in [-0.2, -0.15) is 0 Å². The Morgan fingerprint density at radius 2 is 2.15 bits per heavy atom. The van der Waals surface area contributed by atoms with Crippen LogP contribution in [0.4, 0.5) is 5.69 Å². The molecule has 5 heteroatoms. The molecular weight excluding hydrogens is 344 g/mol. The van der Waals surface area contributed by atoms with Crippen molar-refractivity contribution in [2.24, 2.45) is 0 Å². The van der Waals surface area contributed by atoms with E-state index in [1.807, 2.05) is 12.1 Å². The van der Waals surface area contributed by atoms with Gasteiger partial charge in [0, 0.05) is 23.9 Å². The highest BCUT2D eigenvalue weighted by Gasteiger charge is 2.40. The van der Waals surface area contributed by atoms with E-state index in [0.717, 1.165) is 35.7 Å². The minimum absolute atomic E-state index is 0.0312. The van der Waals surface area contributed by atoms with Gasteiger partial charge in [0.05, 0.1) is 12.3 Å². The molecule has 1 spiro atoms. The Morgan fingerprint density at radius 3 is 3.00 bits per heavy atom. The lowest BCUT2D eigenvalue weighted by Gasteiger charge is -2.40. The molecule has 1 aliphatic carbocycles. The molecule has 1 atom stereocenters. The summed E-state index contributed by atoms with van der Waals surface area (Å²) in [6.07, 6.45) is 4.21. The molecule has 1 amide bonds. The number of carbonyl (C=O) groups is 1. The molecule has 0 bridgehead atoms. The highest BCUT2D eigenvalue weighted by atomic mass is 32.2. The quantitative estimate of drug-likeness (QED) is 0.660. The molecule has 0 saturated heterocycles. The third-order valence-electron chi connectivity index (χ3n) is 5.54. The minimum atomic E-state index is 0.0312. The van der Waals surface area contributed by atoms with Crippen molar-refractivity contribution in [2.45, 2.75) is 36.5 Å². The number of aryl methyl sites for hydroxylation is 2. The highest BCUT2D eigenvalue weighted by molar-refractivity contribution is 7.97. The molecule has 0 aromatic heterocycles. The largest absolute Gasteiger partial charge is 0.490 e. The van der Waals surface area contributed by atoms with Crippen molar-refractivity contribution in [1.29, 1.82) is 0 Å². The number of amides is 1. The summed E-state index contributed by atoms with van der Waals surface area (Å²) in [6, 6.07) is 13.0. The number of nitrogens with zero attached hydrogens (tertiary/aromatic N) is 1. The Hall–Kier alpha value is -2.14. The molecule has 1 aliphatic heterocycles. The Morgan fingerprint density at radius 1 is 1.27 bits per heavy atom. The number of hydrogen-bond acceptors (Lipinski definition) is 4. The standard InChI is InChI=1S/C21H24N2O2S/c1-15-5-7-18-16(10-15)4-3-9-21(18)12-23(2)19-11-17(26-22-14-24)6-8-20(19)25-13-21/h5-8,10-11,14H,3-4,9,12-13H2,1-2H3,(H,22,24)/t21-/m0/s1. The first-order valence-corrected chi connectivity index (χ1v) is 9.87. The van der Waals surface area contributed by atoms with Crippen molar-refractivity contribution in [3.8, 4) is 5.75 Å². The van der Waals surface area contributed by atoms with Crippen LogP contribution in [0.15, 0.2) is 41.3 Å². The third kappa shape index (κ3) is 3.05. The molecule has 26 heavy (non-hydrogen) atoms. The molecule has 4 rings (SSSR count). The van der Waals surface area contributed by atoms with E-state index in [1.165, 1.54) is 35.1 Å². The van der Waals surface area contributed by atoms with Crippen LogP contribution >= 0.6 is 11.9 Å². The van der Waals surface area contributed by atoms with Gasteiger partial charge in [0.15, 0.2) is 0 Å². The number of rotatable bonds is 3. The van der Waals surface area contributed by atoms with Crippen molar-refractivity contribution in [3.05, 3.63) is 53.1 Å². The Kier molecular flexibility index (Phi) is 4.57. The summed E-state index contributed by atoms with van der Waals surface area (Å²) < 4.78 is 8.97. The molecule has 2 aromatic rings. The van der Waals surface area contributed by atoms with Crippen LogP contribution in [0.5, 0.6) is 5.75 Å². The smallest absolute Gasteiger partial charge is 0.217 e. The molecule has 2 aromatic carbocycles. The summed E-state index contributed by atoms with van der Waals surface area (Å²) in [6.45, 7) is 3.81. The van der Waals surface area contributed by atoms with Gasteiger partial charge in [0.25, 0.3) is 0 Å². The second-order valence-corrected chi connectivity index (χ2v) is 8.32. The average Bonchev–Trinajstić information content (AvgIpc) is 2.77. The van der Waals surface area contributed by atoms with Gasteiger partial charge in [-0.15, -0.1) is 0 Å². The molecule has 136 valence electrons. The van der Waals surface area contributed by atoms with E-state index in [-0.39, 0.29) is 5.41 Å². The second-order valence-electron chi connectivity index (χ2n) is 7.41. The minimum Gasteiger partial charge on any atom is -0.490 e. The lowest BCUT2D eigenvalue weighted by Crippen LogP contribution is -2.44. The number of nitrogens with one attached hydrogen (secondary N) is 1. The van der Waals surface area contributed by atoms with Gasteiger partial charge in [-0.3, -0.25) is 9.52 Å². The molecule has 0 radical (unpaired) electrons. The van der Waals surface area contributed by atoms with Crippen LogP contribution in [0, 0.1) is 6.92 Å². The number of benzene rings is 2. The predicted octanol–water partition coefficient (Wildman–Crippen LogP) is 3.85. The van der Waals surface area contributed by atoms with Crippen LogP contribution in [0.3, 0.4) is 0 Å². The maximum atomic E-state index is 10.6. The normalized spacial score (nSPS) is 21.4. The van der Waals surface area contributed by atoms with Crippen molar-refractivity contribution in [1.82, 2.24) is 4.72 Å². The molecule has 0 fully saturated rings. The van der Waals surface area contributed by atoms with Crippen molar-refractivity contribution in [3.63, 3.8) is 0 Å². The molecule has 0 unspecified atom stereocenters. The summed E-state index contributed by atoms with van der Waals surface area (Å²) in [5.74, 6) is 0.916. The zero-order chi connectivity index (χ0) is 18.1. The SMILES string of the molecule is Cc1ccc2c(c1)CCC[C@]21COc2ccc(SNC=O)cc2N(C)C1. The van der Waals surface area contributed by atoms with Gasteiger partial charge < -0.3 is 9.64 Å². The van der Waals surface area contributed by atoms with Crippen LogP contribution < -0.4 is 14.4 Å². The van der Waals surface area contributed by atoms with Crippen LogP contribution in [0.1, 0.15) is 29.5 Å². The van der Waals surface area contributed by atoms with E-state index in [4.69, 9.17) is 4.74 Å². The van der Waals surface area contributed by atoms with E-state index in [1.54, 1.807) is 0 Å². The van der Waals surface area contributed by atoms with Crippen LogP contribution in [0.2, 0.25) is 0 Å². The Bertz CT molecular complexity index is 839. The van der Waals surface area contributed by atoms with Gasteiger partial charge in [0.2, 0.25) is 6.41 Å². The van der Waals surface area contributed by atoms with Gasteiger partial charge in [-0.1, -0.05) is 23.8 Å². The topological polar surface area (TPSA) is 41.6 Å². The van der Waals surface area contributed by atoms with Crippen molar-refractivity contribution < 1.29 is 9.53 Å². The molecule has 1 N–H and O–H groups in total. The lowest BCUT2D eigenvalue weighted by atomic mass is 9.70. The second kappa shape index (κ2) is 6.88. The molecule has 4 nitrogen and oxygen atoms in total. The average molecular weight is 369 g/mol. The first-order valence-electron chi connectivity index (χ1n) is 9.05. The molecule has 1 heterocycles. The van der Waals surface area contributed by atoms with Gasteiger partial charge in [-0.25, -0.2) is 0 Å². The lowest BCUT2D eigenvalue weighted by molar-refractivity contribution is -0.107. The van der Waals surface area contributed by atoms with Crippen LogP contribution in [0.25, 0.3) is 0 Å². The Balaban J connectivity index is 1.69. The van der Waals surface area contributed by atoms with E-state index in [2.05, 4.69) is 47.9 Å². The summed E-state index contributed by atoms with van der Waals surface area (Å²) in [7, 11) is 2.14. The molecular formula is C21H24N2O2S. The van der Waals surface area contributed by atoms with E-state index < -0.39 is 0 Å². The predicted molar refractivity (Wildman–Crippen MR) is 106 cm³/mol. The monoisotopic (exact) mass is 368 g/mol. The summed E-state index contributed by atoms with van der Waals surface area (Å²) in [5.41, 5.74) is 5.37. The fourth-order valence-corrected chi connectivity index (χ4v) is 4.88. The van der Waals surface area contributed by atoms with E-state index in [9.17, 15) is 4.79 Å². The van der Waals surface area contributed by atoms with Crippen LogP contribution in [-0.4, -0.2) is 26.6 Å². The molecule has 0 saturated carbocycles. The van der Waals surface area contributed by atoms with E-state index >= 15 is 0 Å². The summed E-state index contributed by atoms with van der Waals surface area (Å²) in [5, 5.41) is 0. The zero-order valence-electron chi connectivity index (χ0n) is 15.2. The Labute approximate surface area is 159 Å². The number of anilines is 1. The van der Waals surface area contributed by atoms with Gasteiger partial charge in [0.1, 0.15) is 5.75 Å². The highest BCUT2D eigenvalue weighted by Crippen LogP contribution is 2.44. The summed E-state index contributed by atoms with van der Waals surface area (Å²) >= 11 is 1.32. The fraction of sp³-hybridized carbons (Fsp3) is 0.381. The zero-order valence-corrected chi connectivity index (χ0v) is 16.1. The number of fused-ring (bicyclic) bond motifs is 3. The number of hydrogen-bond donors (Lipinski definition) is 1.